The zero-order valence-electron chi connectivity index (χ0n) is 8.52. The monoisotopic (exact) mass is 155 g/mol. The molecule has 0 spiro atoms. The third kappa shape index (κ3) is 1.76. The Morgan fingerprint density at radius 2 is 1.91 bits per heavy atom. The highest BCUT2D eigenvalue weighted by Gasteiger charge is 2.36. The van der Waals surface area contributed by atoms with Crippen LogP contribution < -0.4 is 0 Å². The van der Waals surface area contributed by atoms with Crippen LogP contribution in [0.3, 0.4) is 0 Å². The Labute approximate surface area is 70.8 Å². The fourth-order valence-electron chi connectivity index (χ4n) is 1.91. The Bertz CT molecular complexity index is 138. The summed E-state index contributed by atoms with van der Waals surface area (Å²) in [4.78, 5) is 2.48. The normalized spacial score (nSPS) is 31.6. The van der Waals surface area contributed by atoms with Gasteiger partial charge in [0.15, 0.2) is 0 Å². The van der Waals surface area contributed by atoms with Gasteiger partial charge in [0.1, 0.15) is 0 Å². The Morgan fingerprint density at radius 1 is 1.36 bits per heavy atom. The molecule has 0 aromatic heterocycles. The Kier molecular flexibility index (Phi) is 2.29. The van der Waals surface area contributed by atoms with Crippen molar-refractivity contribution in [3.63, 3.8) is 0 Å². The van der Waals surface area contributed by atoms with E-state index in [1.807, 2.05) is 0 Å². The molecule has 0 radical (unpaired) electrons. The van der Waals surface area contributed by atoms with E-state index in [2.05, 4.69) is 39.6 Å². The zero-order chi connectivity index (χ0) is 8.65. The van der Waals surface area contributed by atoms with Gasteiger partial charge in [-0.2, -0.15) is 0 Å². The van der Waals surface area contributed by atoms with E-state index >= 15 is 0 Å². The molecule has 1 nitrogen and oxygen atoms in total. The summed E-state index contributed by atoms with van der Waals surface area (Å²) in [6.45, 7) is 10.6. The van der Waals surface area contributed by atoms with Crippen LogP contribution in [0.1, 0.15) is 34.1 Å². The van der Waals surface area contributed by atoms with Gasteiger partial charge in [-0.3, -0.25) is 0 Å². The van der Waals surface area contributed by atoms with Crippen LogP contribution in [0.15, 0.2) is 0 Å². The van der Waals surface area contributed by atoms with Gasteiger partial charge in [-0.15, -0.1) is 0 Å². The van der Waals surface area contributed by atoms with Crippen molar-refractivity contribution >= 4 is 0 Å². The number of nitrogens with zero attached hydrogens (tertiary/aromatic N) is 1. The van der Waals surface area contributed by atoms with E-state index in [-0.39, 0.29) is 0 Å². The lowest BCUT2D eigenvalue weighted by Gasteiger charge is -2.26. The average molecular weight is 155 g/mol. The van der Waals surface area contributed by atoms with Gasteiger partial charge in [0.2, 0.25) is 0 Å². The maximum Gasteiger partial charge on any atom is 0.0153 e. The summed E-state index contributed by atoms with van der Waals surface area (Å²) in [5.41, 5.74) is 0.439. The molecule has 1 rings (SSSR count). The zero-order valence-corrected chi connectivity index (χ0v) is 8.52. The minimum Gasteiger partial charge on any atom is -0.301 e. The molecular formula is C10H21N. The summed E-state index contributed by atoms with van der Waals surface area (Å²) < 4.78 is 0. The highest BCUT2D eigenvalue weighted by Crippen LogP contribution is 2.34. The molecule has 0 bridgehead atoms. The van der Waals surface area contributed by atoms with Crippen molar-refractivity contribution in [3.05, 3.63) is 0 Å². The molecule has 0 unspecified atom stereocenters. The summed E-state index contributed by atoms with van der Waals surface area (Å²) in [6, 6.07) is 0. The van der Waals surface area contributed by atoms with Crippen LogP contribution in [-0.4, -0.2) is 24.0 Å². The lowest BCUT2D eigenvalue weighted by Crippen LogP contribution is -2.34. The second-order valence-corrected chi connectivity index (χ2v) is 4.90. The van der Waals surface area contributed by atoms with Gasteiger partial charge in [0, 0.05) is 12.1 Å². The third-order valence-electron chi connectivity index (χ3n) is 3.25. The topological polar surface area (TPSA) is 3.24 Å². The highest BCUT2D eigenvalue weighted by molar-refractivity contribution is 4.91. The van der Waals surface area contributed by atoms with Gasteiger partial charge in [-0.1, -0.05) is 13.8 Å². The SMILES string of the molecule is CC(C)[C@@H]1CN(C)C(C)(C)C1. The molecular weight excluding hydrogens is 134 g/mol. The van der Waals surface area contributed by atoms with Crippen LogP contribution in [-0.2, 0) is 0 Å². The molecule has 0 N–H and O–H groups in total. The van der Waals surface area contributed by atoms with Crippen molar-refractivity contribution in [2.45, 2.75) is 39.7 Å². The number of hydrogen-bond acceptors (Lipinski definition) is 1. The van der Waals surface area contributed by atoms with Crippen molar-refractivity contribution in [1.82, 2.24) is 4.90 Å². The number of rotatable bonds is 1. The Balaban J connectivity index is 2.57. The molecule has 1 saturated heterocycles. The molecule has 1 heterocycles. The van der Waals surface area contributed by atoms with Gasteiger partial charge in [0.05, 0.1) is 0 Å². The van der Waals surface area contributed by atoms with E-state index in [0.29, 0.717) is 5.54 Å². The maximum absolute atomic E-state index is 2.48. The highest BCUT2D eigenvalue weighted by atomic mass is 15.2. The summed E-state index contributed by atoms with van der Waals surface area (Å²) in [7, 11) is 2.24. The van der Waals surface area contributed by atoms with Crippen LogP contribution in [0.25, 0.3) is 0 Å². The molecule has 1 fully saturated rings. The molecule has 1 aliphatic heterocycles. The maximum atomic E-state index is 2.48. The first-order chi connectivity index (χ1) is 4.93. The molecule has 0 amide bonds. The molecule has 0 saturated carbocycles. The molecule has 11 heavy (non-hydrogen) atoms. The lowest BCUT2D eigenvalue weighted by molar-refractivity contribution is 0.218. The lowest BCUT2D eigenvalue weighted by atomic mass is 9.89. The van der Waals surface area contributed by atoms with Crippen molar-refractivity contribution < 1.29 is 0 Å². The fourth-order valence-corrected chi connectivity index (χ4v) is 1.91. The van der Waals surface area contributed by atoms with Gasteiger partial charge >= 0.3 is 0 Å². The van der Waals surface area contributed by atoms with Crippen LogP contribution in [0.5, 0.6) is 0 Å². The smallest absolute Gasteiger partial charge is 0.0153 e. The summed E-state index contributed by atoms with van der Waals surface area (Å²) in [6.07, 6.45) is 1.36. The second kappa shape index (κ2) is 2.78. The van der Waals surface area contributed by atoms with Crippen LogP contribution >= 0.6 is 0 Å². The van der Waals surface area contributed by atoms with Crippen LogP contribution in [0.4, 0.5) is 0 Å². The second-order valence-electron chi connectivity index (χ2n) is 4.90. The van der Waals surface area contributed by atoms with Crippen molar-refractivity contribution in [2.75, 3.05) is 13.6 Å². The largest absolute Gasteiger partial charge is 0.301 e. The number of likely N-dealkylation sites (tertiary alicyclic amines) is 1. The van der Waals surface area contributed by atoms with Gasteiger partial charge in [0.25, 0.3) is 0 Å². The predicted octanol–water partition coefficient (Wildman–Crippen LogP) is 2.37. The standard InChI is InChI=1S/C10H21N/c1-8(2)9-6-10(3,4)11(5)7-9/h8-9H,6-7H2,1-5H3/t9-/m0/s1. The van der Waals surface area contributed by atoms with Crippen LogP contribution in [0.2, 0.25) is 0 Å². The quantitative estimate of drug-likeness (QED) is 0.562. The molecule has 1 atom stereocenters. The summed E-state index contributed by atoms with van der Waals surface area (Å²) >= 11 is 0. The van der Waals surface area contributed by atoms with Crippen molar-refractivity contribution in [3.8, 4) is 0 Å². The molecule has 1 aliphatic rings. The third-order valence-corrected chi connectivity index (χ3v) is 3.25. The molecule has 0 aromatic rings. The first-order valence-corrected chi connectivity index (χ1v) is 4.65. The van der Waals surface area contributed by atoms with E-state index in [1.54, 1.807) is 0 Å². The first-order valence-electron chi connectivity index (χ1n) is 4.65. The van der Waals surface area contributed by atoms with Gasteiger partial charge in [-0.05, 0) is 39.2 Å². The molecule has 66 valence electrons. The van der Waals surface area contributed by atoms with E-state index in [4.69, 9.17) is 0 Å². The van der Waals surface area contributed by atoms with Crippen molar-refractivity contribution in [1.29, 1.82) is 0 Å². The average Bonchev–Trinajstić information content (AvgIpc) is 2.08. The van der Waals surface area contributed by atoms with Crippen molar-refractivity contribution in [2.24, 2.45) is 11.8 Å². The minimum absolute atomic E-state index is 0.439. The Morgan fingerprint density at radius 3 is 2.09 bits per heavy atom. The van der Waals surface area contributed by atoms with E-state index in [0.717, 1.165) is 11.8 Å². The van der Waals surface area contributed by atoms with E-state index in [1.165, 1.54) is 13.0 Å². The molecule has 0 aromatic carbocycles. The summed E-state index contributed by atoms with van der Waals surface area (Å²) in [5, 5.41) is 0. The first kappa shape index (κ1) is 9.05. The predicted molar refractivity (Wildman–Crippen MR) is 49.7 cm³/mol. The molecule has 1 heteroatoms. The summed E-state index contributed by atoms with van der Waals surface area (Å²) in [5.74, 6) is 1.76. The Hall–Kier alpha value is -0.0400. The van der Waals surface area contributed by atoms with Gasteiger partial charge < -0.3 is 4.90 Å². The van der Waals surface area contributed by atoms with E-state index in [9.17, 15) is 0 Å². The van der Waals surface area contributed by atoms with E-state index < -0.39 is 0 Å². The number of hydrogen-bond donors (Lipinski definition) is 0. The van der Waals surface area contributed by atoms with Gasteiger partial charge in [-0.25, -0.2) is 0 Å². The molecule has 0 aliphatic carbocycles. The van der Waals surface area contributed by atoms with Crippen LogP contribution in [0, 0.1) is 11.8 Å². The fraction of sp³-hybridized carbons (Fsp3) is 1.00. The minimum atomic E-state index is 0.439.